The van der Waals surface area contributed by atoms with Gasteiger partial charge in [-0.25, -0.2) is 4.39 Å². The molecule has 2 heterocycles. The second kappa shape index (κ2) is 8.47. The van der Waals surface area contributed by atoms with Crippen molar-refractivity contribution in [3.05, 3.63) is 83.4 Å². The van der Waals surface area contributed by atoms with Crippen molar-refractivity contribution in [1.82, 2.24) is 14.7 Å². The molecule has 0 bridgehead atoms. The first-order chi connectivity index (χ1) is 14.2. The molecule has 0 unspecified atom stereocenters. The molecule has 1 fully saturated rings. The van der Waals surface area contributed by atoms with Crippen LogP contribution in [0.5, 0.6) is 0 Å². The van der Waals surface area contributed by atoms with Crippen molar-refractivity contribution < 1.29 is 9.18 Å². The summed E-state index contributed by atoms with van der Waals surface area (Å²) in [5.41, 5.74) is 3.38. The van der Waals surface area contributed by atoms with Crippen LogP contribution in [-0.4, -0.2) is 46.8 Å². The average molecular weight is 392 g/mol. The second-order valence-electron chi connectivity index (χ2n) is 7.23. The van der Waals surface area contributed by atoms with Gasteiger partial charge in [0.1, 0.15) is 5.82 Å². The summed E-state index contributed by atoms with van der Waals surface area (Å²) in [4.78, 5) is 17.0. The van der Waals surface area contributed by atoms with E-state index in [1.165, 1.54) is 6.07 Å². The maximum Gasteiger partial charge on any atom is 0.257 e. The zero-order chi connectivity index (χ0) is 20.2. The highest BCUT2D eigenvalue weighted by Crippen LogP contribution is 2.21. The summed E-state index contributed by atoms with van der Waals surface area (Å²) in [5, 5.41) is 4.48. The Hall–Kier alpha value is -3.15. The van der Waals surface area contributed by atoms with E-state index in [0.29, 0.717) is 44.0 Å². The van der Waals surface area contributed by atoms with Gasteiger partial charge in [-0.05, 0) is 24.1 Å². The molecule has 0 N–H and O–H groups in total. The van der Waals surface area contributed by atoms with Gasteiger partial charge in [-0.3, -0.25) is 9.48 Å². The van der Waals surface area contributed by atoms with Gasteiger partial charge in [-0.2, -0.15) is 5.10 Å². The number of hydrogen-bond acceptors (Lipinski definition) is 3. The van der Waals surface area contributed by atoms with Gasteiger partial charge >= 0.3 is 0 Å². The van der Waals surface area contributed by atoms with Gasteiger partial charge in [0.05, 0.1) is 29.7 Å². The number of nitrogens with zero attached hydrogens (tertiary/aromatic N) is 4. The van der Waals surface area contributed by atoms with E-state index < -0.39 is 0 Å². The fraction of sp³-hybridized carbons (Fsp3) is 0.304. The van der Waals surface area contributed by atoms with Gasteiger partial charge in [0.2, 0.25) is 0 Å². The predicted molar refractivity (Wildman–Crippen MR) is 112 cm³/mol. The summed E-state index contributed by atoms with van der Waals surface area (Å²) in [7, 11) is 0. The smallest absolute Gasteiger partial charge is 0.257 e. The van der Waals surface area contributed by atoms with E-state index in [4.69, 9.17) is 0 Å². The number of para-hydroxylation sites is 1. The van der Waals surface area contributed by atoms with Crippen LogP contribution in [0.25, 0.3) is 0 Å². The molecule has 1 aliphatic rings. The number of anilines is 1. The number of halogens is 1. The maximum atomic E-state index is 14.0. The molecule has 0 spiro atoms. The van der Waals surface area contributed by atoms with E-state index in [9.17, 15) is 9.18 Å². The topological polar surface area (TPSA) is 41.4 Å². The van der Waals surface area contributed by atoms with E-state index in [1.54, 1.807) is 18.3 Å². The Labute approximate surface area is 170 Å². The number of amides is 1. The summed E-state index contributed by atoms with van der Waals surface area (Å²) in [6.45, 7) is 5.07. The van der Waals surface area contributed by atoms with Crippen LogP contribution in [0, 0.1) is 5.82 Å². The van der Waals surface area contributed by atoms with Crippen LogP contribution in [0.4, 0.5) is 10.1 Å². The summed E-state index contributed by atoms with van der Waals surface area (Å²) in [6.07, 6.45) is 2.43. The summed E-state index contributed by atoms with van der Waals surface area (Å²) in [6, 6.07) is 16.9. The van der Waals surface area contributed by atoms with Crippen LogP contribution in [-0.2, 0) is 13.0 Å². The van der Waals surface area contributed by atoms with E-state index >= 15 is 0 Å². The lowest BCUT2D eigenvalue weighted by Gasteiger charge is -2.36. The Morgan fingerprint density at radius 2 is 1.69 bits per heavy atom. The van der Waals surface area contributed by atoms with Gasteiger partial charge in [0.15, 0.2) is 0 Å². The first-order valence-corrected chi connectivity index (χ1v) is 10.0. The summed E-state index contributed by atoms with van der Waals surface area (Å²) < 4.78 is 16.0. The van der Waals surface area contributed by atoms with Crippen LogP contribution in [0.3, 0.4) is 0 Å². The third kappa shape index (κ3) is 4.01. The largest absolute Gasteiger partial charge is 0.366 e. The molecule has 6 heteroatoms. The van der Waals surface area contributed by atoms with E-state index in [0.717, 1.165) is 17.7 Å². The number of aromatic nitrogens is 2. The normalized spacial score (nSPS) is 14.3. The van der Waals surface area contributed by atoms with E-state index in [-0.39, 0.29) is 11.7 Å². The van der Waals surface area contributed by atoms with E-state index in [2.05, 4.69) is 17.2 Å². The molecule has 0 aliphatic carbocycles. The maximum absolute atomic E-state index is 14.0. The van der Waals surface area contributed by atoms with Crippen molar-refractivity contribution in [3.8, 4) is 0 Å². The summed E-state index contributed by atoms with van der Waals surface area (Å²) in [5.74, 6) is -0.211. The molecule has 1 aromatic heterocycles. The minimum atomic E-state index is -0.220. The van der Waals surface area contributed by atoms with Crippen molar-refractivity contribution in [3.63, 3.8) is 0 Å². The number of carbonyl (C=O) groups is 1. The van der Waals surface area contributed by atoms with Crippen LogP contribution in [0.2, 0.25) is 0 Å². The highest BCUT2D eigenvalue weighted by Gasteiger charge is 2.26. The molecule has 3 aromatic rings. The van der Waals surface area contributed by atoms with Crippen LogP contribution in [0.15, 0.2) is 60.8 Å². The first kappa shape index (κ1) is 19.2. The van der Waals surface area contributed by atoms with Crippen molar-refractivity contribution in [2.45, 2.75) is 19.9 Å². The fourth-order valence-corrected chi connectivity index (χ4v) is 3.88. The minimum absolute atomic E-state index is 0.00865. The van der Waals surface area contributed by atoms with Crippen molar-refractivity contribution in [2.24, 2.45) is 0 Å². The third-order valence-corrected chi connectivity index (χ3v) is 5.45. The number of hydrogen-bond donors (Lipinski definition) is 0. The second-order valence-corrected chi connectivity index (χ2v) is 7.23. The zero-order valence-electron chi connectivity index (χ0n) is 16.6. The number of benzene rings is 2. The molecular weight excluding hydrogens is 367 g/mol. The van der Waals surface area contributed by atoms with Gasteiger partial charge in [0.25, 0.3) is 5.91 Å². The fourth-order valence-electron chi connectivity index (χ4n) is 3.88. The van der Waals surface area contributed by atoms with E-state index in [1.807, 2.05) is 45.7 Å². The quantitative estimate of drug-likeness (QED) is 0.666. The van der Waals surface area contributed by atoms with Crippen LogP contribution < -0.4 is 4.90 Å². The SMILES string of the molecule is CCc1c(C(=O)N2CCN(c3ccccc3F)CC2)cnn1Cc1ccccc1. The van der Waals surface area contributed by atoms with Gasteiger partial charge in [-0.15, -0.1) is 0 Å². The Bertz CT molecular complexity index is 978. The molecule has 0 atom stereocenters. The lowest BCUT2D eigenvalue weighted by Crippen LogP contribution is -2.49. The highest BCUT2D eigenvalue weighted by atomic mass is 19.1. The van der Waals surface area contributed by atoms with Crippen molar-refractivity contribution >= 4 is 11.6 Å². The van der Waals surface area contributed by atoms with Gasteiger partial charge in [-0.1, -0.05) is 49.4 Å². The minimum Gasteiger partial charge on any atom is -0.366 e. The molecule has 1 amide bonds. The monoisotopic (exact) mass is 392 g/mol. The number of carbonyl (C=O) groups excluding carboxylic acids is 1. The molecule has 1 saturated heterocycles. The lowest BCUT2D eigenvalue weighted by molar-refractivity contribution is 0.0745. The lowest BCUT2D eigenvalue weighted by atomic mass is 10.1. The third-order valence-electron chi connectivity index (χ3n) is 5.45. The first-order valence-electron chi connectivity index (χ1n) is 10.0. The molecule has 5 nitrogen and oxygen atoms in total. The Morgan fingerprint density at radius 1 is 1.00 bits per heavy atom. The van der Waals surface area contributed by atoms with Crippen LogP contribution >= 0.6 is 0 Å². The zero-order valence-corrected chi connectivity index (χ0v) is 16.6. The van der Waals surface area contributed by atoms with Crippen LogP contribution in [0.1, 0.15) is 28.5 Å². The molecule has 4 rings (SSSR count). The highest BCUT2D eigenvalue weighted by molar-refractivity contribution is 5.95. The molecular formula is C23H25FN4O. The molecule has 1 aliphatic heterocycles. The number of piperazine rings is 1. The Balaban J connectivity index is 1.46. The standard InChI is InChI=1S/C23H25FN4O/c1-2-21-19(16-25-28(21)17-18-8-4-3-5-9-18)23(29)27-14-12-26(13-15-27)22-11-7-6-10-20(22)24/h3-11,16H,2,12-15,17H2,1H3. The van der Waals surface area contributed by atoms with Gasteiger partial charge in [0, 0.05) is 26.2 Å². The Morgan fingerprint density at radius 3 is 2.38 bits per heavy atom. The average Bonchev–Trinajstić information content (AvgIpc) is 3.17. The van der Waals surface area contributed by atoms with Crippen molar-refractivity contribution in [1.29, 1.82) is 0 Å². The molecule has 0 radical (unpaired) electrons. The summed E-state index contributed by atoms with van der Waals surface area (Å²) >= 11 is 0. The Kier molecular flexibility index (Phi) is 5.60. The molecule has 0 saturated carbocycles. The molecule has 2 aromatic carbocycles. The molecule has 29 heavy (non-hydrogen) atoms. The van der Waals surface area contributed by atoms with Crippen molar-refractivity contribution in [2.75, 3.05) is 31.1 Å². The van der Waals surface area contributed by atoms with Gasteiger partial charge < -0.3 is 9.80 Å². The number of rotatable bonds is 5. The molecule has 150 valence electrons. The predicted octanol–water partition coefficient (Wildman–Crippen LogP) is 3.60.